The summed E-state index contributed by atoms with van der Waals surface area (Å²) in [6, 6.07) is 6.15. The van der Waals surface area contributed by atoms with E-state index < -0.39 is 22.7 Å². The Morgan fingerprint density at radius 2 is 1.88 bits per heavy atom. The van der Waals surface area contributed by atoms with Crippen LogP contribution in [-0.4, -0.2) is 30.0 Å². The first-order chi connectivity index (χ1) is 15.3. The molecule has 0 aromatic heterocycles. The van der Waals surface area contributed by atoms with Gasteiger partial charge in [-0.25, -0.2) is 4.79 Å². The van der Waals surface area contributed by atoms with Gasteiger partial charge in [0.1, 0.15) is 0 Å². The van der Waals surface area contributed by atoms with Gasteiger partial charge < -0.3 is 15.4 Å². The van der Waals surface area contributed by atoms with Gasteiger partial charge in [-0.3, -0.25) is 14.9 Å². The highest BCUT2D eigenvalue weighted by Gasteiger charge is 2.40. The maximum Gasteiger partial charge on any atom is 0.336 e. The average molecular weight is 442 g/mol. The predicted octanol–water partition coefficient (Wildman–Crippen LogP) is 4.26. The molecule has 0 radical (unpaired) electrons. The van der Waals surface area contributed by atoms with Crippen molar-refractivity contribution in [2.45, 2.75) is 52.4 Å². The number of rotatable bonds is 11. The van der Waals surface area contributed by atoms with E-state index in [1.165, 1.54) is 12.1 Å². The lowest BCUT2D eigenvalue weighted by atomic mass is 9.79. The van der Waals surface area contributed by atoms with E-state index in [4.69, 9.17) is 4.74 Å². The third kappa shape index (κ3) is 5.84. The summed E-state index contributed by atoms with van der Waals surface area (Å²) >= 11 is 0. The van der Waals surface area contributed by atoms with Crippen LogP contribution in [0.4, 0.5) is 5.69 Å². The highest BCUT2D eigenvalue weighted by molar-refractivity contribution is 6.02. The van der Waals surface area contributed by atoms with Crippen LogP contribution < -0.4 is 10.6 Å². The minimum atomic E-state index is -0.939. The number of nitro benzene ring substituents is 1. The van der Waals surface area contributed by atoms with Crippen molar-refractivity contribution in [3.63, 3.8) is 0 Å². The third-order valence-corrected chi connectivity index (χ3v) is 5.31. The van der Waals surface area contributed by atoms with Crippen LogP contribution in [0.2, 0.25) is 0 Å². The largest absolute Gasteiger partial charge is 0.462 e. The molecule has 0 saturated heterocycles. The number of esters is 1. The van der Waals surface area contributed by atoms with Crippen LogP contribution in [0.25, 0.3) is 0 Å². The van der Waals surface area contributed by atoms with E-state index in [0.717, 1.165) is 25.7 Å². The number of ether oxygens (including phenoxy) is 1. The van der Waals surface area contributed by atoms with Gasteiger partial charge in [0.15, 0.2) is 0 Å². The average Bonchev–Trinajstić information content (AvgIpc) is 2.76. The van der Waals surface area contributed by atoms with Crippen LogP contribution in [0, 0.1) is 10.1 Å². The van der Waals surface area contributed by atoms with Gasteiger partial charge in [0, 0.05) is 35.1 Å². The number of amides is 1. The number of nitrogens with zero attached hydrogens (tertiary/aromatic N) is 1. The fourth-order valence-corrected chi connectivity index (χ4v) is 3.81. The van der Waals surface area contributed by atoms with E-state index in [1.54, 1.807) is 32.0 Å². The van der Waals surface area contributed by atoms with Crippen molar-refractivity contribution in [3.8, 4) is 0 Å². The number of hydrogen-bond acceptors (Lipinski definition) is 6. The van der Waals surface area contributed by atoms with Gasteiger partial charge >= 0.3 is 5.97 Å². The van der Waals surface area contributed by atoms with Gasteiger partial charge in [-0.1, -0.05) is 50.5 Å². The van der Waals surface area contributed by atoms with Crippen molar-refractivity contribution >= 4 is 17.6 Å². The number of hydrogen-bond donors (Lipinski definition) is 2. The van der Waals surface area contributed by atoms with Gasteiger partial charge in [0.05, 0.1) is 23.0 Å². The van der Waals surface area contributed by atoms with Crippen molar-refractivity contribution in [1.82, 2.24) is 10.6 Å². The second-order valence-corrected chi connectivity index (χ2v) is 7.65. The molecule has 8 heteroatoms. The molecule has 32 heavy (non-hydrogen) atoms. The lowest BCUT2D eigenvalue weighted by molar-refractivity contribution is -0.385. The van der Waals surface area contributed by atoms with Crippen molar-refractivity contribution < 1.29 is 19.2 Å². The second-order valence-electron chi connectivity index (χ2n) is 7.65. The lowest BCUT2D eigenvalue weighted by Crippen LogP contribution is -2.36. The van der Waals surface area contributed by atoms with Crippen LogP contribution in [0.5, 0.6) is 0 Å². The quantitative estimate of drug-likeness (QED) is 0.175. The van der Waals surface area contributed by atoms with Crippen molar-refractivity contribution in [2.24, 2.45) is 0 Å². The number of carbonyl (C=O) groups excluding carboxylic acids is 2. The van der Waals surface area contributed by atoms with E-state index in [2.05, 4.69) is 24.1 Å². The first-order valence-electron chi connectivity index (χ1n) is 10.8. The number of benzene rings is 1. The van der Waals surface area contributed by atoms with E-state index in [1.807, 2.05) is 0 Å². The molecule has 1 aromatic carbocycles. The Morgan fingerprint density at radius 1 is 1.19 bits per heavy atom. The third-order valence-electron chi connectivity index (χ3n) is 5.31. The number of carbonyl (C=O) groups is 2. The number of allylic oxidation sites excluding steroid dienone is 2. The summed E-state index contributed by atoms with van der Waals surface area (Å²) in [4.78, 5) is 37.4. The Morgan fingerprint density at radius 3 is 2.53 bits per heavy atom. The Bertz CT molecular complexity index is 949. The number of unbranched alkanes of at least 4 members (excludes halogenated alkanes) is 3. The monoisotopic (exact) mass is 441 g/mol. The molecular formula is C24H31N3O5. The molecule has 8 nitrogen and oxygen atoms in total. The summed E-state index contributed by atoms with van der Waals surface area (Å²) in [5.74, 6) is -1.96. The zero-order valence-corrected chi connectivity index (χ0v) is 18.9. The molecule has 1 amide bonds. The molecular weight excluding hydrogens is 410 g/mol. The molecule has 1 heterocycles. The number of para-hydroxylation sites is 1. The predicted molar refractivity (Wildman–Crippen MR) is 123 cm³/mol. The second kappa shape index (κ2) is 11.8. The highest BCUT2D eigenvalue weighted by Crippen LogP contribution is 2.42. The molecule has 0 bridgehead atoms. The fourth-order valence-electron chi connectivity index (χ4n) is 3.81. The molecule has 1 aromatic rings. The first kappa shape index (κ1) is 24.8. The summed E-state index contributed by atoms with van der Waals surface area (Å²) in [5.41, 5.74) is 1.56. The molecule has 0 saturated carbocycles. The molecule has 2 rings (SSSR count). The van der Waals surface area contributed by atoms with Gasteiger partial charge in [-0.2, -0.15) is 0 Å². The molecule has 1 unspecified atom stereocenters. The van der Waals surface area contributed by atoms with Crippen LogP contribution in [0.1, 0.15) is 57.9 Å². The maximum absolute atomic E-state index is 13.1. The highest BCUT2D eigenvalue weighted by atomic mass is 16.6. The van der Waals surface area contributed by atoms with Crippen LogP contribution in [0.15, 0.2) is 59.5 Å². The summed E-state index contributed by atoms with van der Waals surface area (Å²) in [6.07, 6.45) is 5.33. The minimum absolute atomic E-state index is 0.165. The topological polar surface area (TPSA) is 111 Å². The Kier molecular flexibility index (Phi) is 9.19. The maximum atomic E-state index is 13.1. The van der Waals surface area contributed by atoms with Crippen molar-refractivity contribution in [3.05, 3.63) is 75.1 Å². The minimum Gasteiger partial charge on any atom is -0.462 e. The molecule has 1 aliphatic rings. The van der Waals surface area contributed by atoms with E-state index >= 15 is 0 Å². The first-order valence-corrected chi connectivity index (χ1v) is 10.8. The zero-order valence-electron chi connectivity index (χ0n) is 18.9. The van der Waals surface area contributed by atoms with Gasteiger partial charge in [0.2, 0.25) is 5.91 Å². The number of nitro groups is 1. The molecule has 0 fully saturated rings. The zero-order chi connectivity index (χ0) is 23.7. The van der Waals surface area contributed by atoms with Gasteiger partial charge in [0.25, 0.3) is 5.69 Å². The Labute approximate surface area is 188 Å². The van der Waals surface area contributed by atoms with Crippen LogP contribution >= 0.6 is 0 Å². The lowest BCUT2D eigenvalue weighted by Gasteiger charge is -2.30. The summed E-state index contributed by atoms with van der Waals surface area (Å²) in [5, 5.41) is 17.6. The molecule has 172 valence electrons. The van der Waals surface area contributed by atoms with Crippen LogP contribution in [-0.2, 0) is 14.3 Å². The summed E-state index contributed by atoms with van der Waals surface area (Å²) < 4.78 is 5.52. The van der Waals surface area contributed by atoms with Gasteiger partial charge in [-0.15, -0.1) is 6.58 Å². The number of dihydropyridines is 1. The van der Waals surface area contributed by atoms with Crippen molar-refractivity contribution in [1.29, 1.82) is 0 Å². The van der Waals surface area contributed by atoms with Crippen LogP contribution in [0.3, 0.4) is 0 Å². The molecule has 1 atom stereocenters. The SMILES string of the molecule is C=CCNC(=O)C1=C(C)NC(C)=C(C(=O)OCCCCCC)C1c1ccccc1[N+](=O)[O-]. The fraction of sp³-hybridized carbons (Fsp3) is 0.417. The molecule has 0 spiro atoms. The van der Waals surface area contributed by atoms with Crippen molar-refractivity contribution in [2.75, 3.05) is 13.2 Å². The molecule has 1 aliphatic heterocycles. The summed E-state index contributed by atoms with van der Waals surface area (Å²) in [6.45, 7) is 9.58. The van der Waals surface area contributed by atoms with E-state index in [9.17, 15) is 19.7 Å². The molecule has 2 N–H and O–H groups in total. The van der Waals surface area contributed by atoms with Gasteiger partial charge in [-0.05, 0) is 20.3 Å². The smallest absolute Gasteiger partial charge is 0.336 e. The Hall–Kier alpha value is -3.42. The van der Waals surface area contributed by atoms with E-state index in [-0.39, 0.29) is 35.5 Å². The number of nitrogens with one attached hydrogen (secondary N) is 2. The summed E-state index contributed by atoms with van der Waals surface area (Å²) in [7, 11) is 0. The Balaban J connectivity index is 2.52. The standard InChI is InChI=1S/C24H31N3O5/c1-5-7-8-11-15-32-24(29)21-17(4)26-16(3)20(23(28)25-14-6-2)22(21)18-12-9-10-13-19(18)27(30)31/h6,9-10,12-13,22,26H,2,5,7-8,11,14-15H2,1,3-4H3,(H,25,28). The molecule has 0 aliphatic carbocycles. The van der Waals surface area contributed by atoms with E-state index in [0.29, 0.717) is 11.4 Å². The normalized spacial score (nSPS) is 15.8.